The van der Waals surface area contributed by atoms with Crippen LogP contribution in [0.2, 0.25) is 0 Å². The molecular weight excluding hydrogens is 552 g/mol. The Labute approximate surface area is 255 Å². The summed E-state index contributed by atoms with van der Waals surface area (Å²) in [6.45, 7) is 10.1. The summed E-state index contributed by atoms with van der Waals surface area (Å²) >= 11 is 0. The van der Waals surface area contributed by atoms with Gasteiger partial charge in [0.25, 0.3) is 0 Å². The predicted molar refractivity (Wildman–Crippen MR) is 161 cm³/mol. The minimum Gasteiger partial charge on any atom is -0.455 e. The van der Waals surface area contributed by atoms with Crippen LogP contribution in [0.5, 0.6) is 0 Å². The highest BCUT2D eigenvalue weighted by atomic mass is 16.6. The van der Waals surface area contributed by atoms with Gasteiger partial charge in [0, 0.05) is 12.0 Å². The molecule has 5 N–H and O–H groups in total. The summed E-state index contributed by atoms with van der Waals surface area (Å²) in [6.07, 6.45) is 12.8. The topological polar surface area (TPSA) is 157 Å². The minimum atomic E-state index is -2.48. The lowest BCUT2D eigenvalue weighted by molar-refractivity contribution is -0.252. The average Bonchev–Trinajstić information content (AvgIpc) is 3.65. The monoisotopic (exact) mass is 602 g/mol. The molecule has 0 amide bonds. The van der Waals surface area contributed by atoms with Gasteiger partial charge in [0.05, 0.1) is 18.1 Å². The van der Waals surface area contributed by atoms with Crippen LogP contribution >= 0.6 is 0 Å². The lowest BCUT2D eigenvalue weighted by atomic mass is 9.54. The molecule has 0 aromatic heterocycles. The molecular formula is C34H50O9. The molecule has 1 saturated heterocycles. The molecule has 2 saturated carbocycles. The van der Waals surface area contributed by atoms with E-state index in [0.29, 0.717) is 5.57 Å². The van der Waals surface area contributed by atoms with E-state index in [4.69, 9.17) is 9.47 Å². The first-order chi connectivity index (χ1) is 20.3. The standard InChI is InChI=1S/C34H50O9/c1-6-7-8-9-10-11-12-13-14-15-16-17-25(36)42-28-26-29-32(20-35,43-29)30(38)34(41)24(18-22(4)27(34)37)33(26,40)23(5)19-31(28,39)21(2)3/h14-18,23-24,26,28-30,35,38-41H,2,6-13,19-20H2,1,3-5H3/b15-14+,17-16+. The van der Waals surface area contributed by atoms with E-state index < -0.39 is 76.8 Å². The van der Waals surface area contributed by atoms with E-state index in [9.17, 15) is 35.1 Å². The van der Waals surface area contributed by atoms with Gasteiger partial charge in [-0.25, -0.2) is 4.79 Å². The fourth-order valence-electron chi connectivity index (χ4n) is 7.89. The summed E-state index contributed by atoms with van der Waals surface area (Å²) in [4.78, 5) is 26.4. The largest absolute Gasteiger partial charge is 0.455 e. The van der Waals surface area contributed by atoms with E-state index in [1.54, 1.807) is 26.0 Å². The number of allylic oxidation sites excluding steroid dienone is 3. The Morgan fingerprint density at radius 3 is 2.42 bits per heavy atom. The van der Waals surface area contributed by atoms with Gasteiger partial charge in [-0.2, -0.15) is 0 Å². The van der Waals surface area contributed by atoms with E-state index in [0.717, 1.165) is 19.3 Å². The molecule has 0 radical (unpaired) electrons. The van der Waals surface area contributed by atoms with Gasteiger partial charge in [0.15, 0.2) is 11.4 Å². The van der Waals surface area contributed by atoms with Crippen molar-refractivity contribution in [1.82, 2.24) is 0 Å². The van der Waals surface area contributed by atoms with Crippen LogP contribution in [-0.4, -0.2) is 84.6 Å². The Morgan fingerprint density at radius 1 is 1.14 bits per heavy atom. The van der Waals surface area contributed by atoms with Gasteiger partial charge in [-0.1, -0.05) is 83.3 Å². The molecule has 1 aliphatic heterocycles. The molecule has 10 atom stereocenters. The lowest BCUT2D eigenvalue weighted by Gasteiger charge is -2.57. The summed E-state index contributed by atoms with van der Waals surface area (Å²) in [5.74, 6) is -4.83. The number of hydrogen-bond acceptors (Lipinski definition) is 9. The molecule has 9 nitrogen and oxygen atoms in total. The van der Waals surface area contributed by atoms with Gasteiger partial charge < -0.3 is 35.0 Å². The SMILES string of the molecule is C=C(C)C1(O)CC(C)C2(O)C(C1OC(=O)/C=C/C=C/CCCCCCCCC)C1OC1(CO)C(O)C1(O)C(=O)C(C)=CC12. The van der Waals surface area contributed by atoms with Gasteiger partial charge in [0.2, 0.25) is 0 Å². The molecule has 0 aromatic rings. The Bertz CT molecular complexity index is 1170. The van der Waals surface area contributed by atoms with Crippen LogP contribution in [0, 0.1) is 17.8 Å². The van der Waals surface area contributed by atoms with Crippen LogP contribution in [-0.2, 0) is 19.1 Å². The maximum absolute atomic E-state index is 13.3. The number of fused-ring (bicyclic) bond motifs is 5. The van der Waals surface area contributed by atoms with Crippen molar-refractivity contribution in [2.24, 2.45) is 17.8 Å². The van der Waals surface area contributed by atoms with Crippen molar-refractivity contribution < 1.29 is 44.6 Å². The first-order valence-corrected chi connectivity index (χ1v) is 15.8. The smallest absolute Gasteiger partial charge is 0.331 e. The molecule has 240 valence electrons. The van der Waals surface area contributed by atoms with Crippen LogP contribution in [0.4, 0.5) is 0 Å². The zero-order valence-electron chi connectivity index (χ0n) is 26.0. The molecule has 9 heteroatoms. The molecule has 3 aliphatic carbocycles. The van der Waals surface area contributed by atoms with E-state index in [1.165, 1.54) is 51.2 Å². The van der Waals surface area contributed by atoms with Crippen molar-refractivity contribution in [3.05, 3.63) is 48.1 Å². The summed E-state index contributed by atoms with van der Waals surface area (Å²) in [6, 6.07) is 0. The van der Waals surface area contributed by atoms with Gasteiger partial charge in [0.1, 0.15) is 29.5 Å². The number of aliphatic hydroxyl groups excluding tert-OH is 2. The maximum Gasteiger partial charge on any atom is 0.331 e. The number of unbranched alkanes of at least 4 members (excludes halogenated alkanes) is 7. The van der Waals surface area contributed by atoms with Crippen molar-refractivity contribution in [2.75, 3.05) is 6.61 Å². The fourth-order valence-corrected chi connectivity index (χ4v) is 7.89. The van der Waals surface area contributed by atoms with Crippen LogP contribution < -0.4 is 0 Å². The van der Waals surface area contributed by atoms with Crippen molar-refractivity contribution in [3.8, 4) is 0 Å². The third-order valence-electron chi connectivity index (χ3n) is 10.5. The molecule has 1 heterocycles. The first-order valence-electron chi connectivity index (χ1n) is 15.8. The van der Waals surface area contributed by atoms with Gasteiger partial charge in [-0.05, 0) is 50.2 Å². The van der Waals surface area contributed by atoms with Gasteiger partial charge >= 0.3 is 5.97 Å². The lowest BCUT2D eigenvalue weighted by Crippen LogP contribution is -2.71. The number of ketones is 1. The average molecular weight is 603 g/mol. The van der Waals surface area contributed by atoms with Gasteiger partial charge in [-0.15, -0.1) is 0 Å². The molecule has 4 aliphatic rings. The number of rotatable bonds is 13. The summed E-state index contributed by atoms with van der Waals surface area (Å²) in [5.41, 5.74) is -7.60. The summed E-state index contributed by atoms with van der Waals surface area (Å²) in [7, 11) is 0. The third-order valence-corrected chi connectivity index (χ3v) is 10.5. The third kappa shape index (κ3) is 5.51. The normalized spacial score (nSPS) is 41.9. The van der Waals surface area contributed by atoms with E-state index >= 15 is 0 Å². The van der Waals surface area contributed by atoms with Gasteiger partial charge in [-0.3, -0.25) is 4.79 Å². The minimum absolute atomic E-state index is 0.0993. The highest BCUT2D eigenvalue weighted by molar-refractivity contribution is 6.05. The molecule has 43 heavy (non-hydrogen) atoms. The zero-order valence-corrected chi connectivity index (χ0v) is 26.0. The van der Waals surface area contributed by atoms with Crippen molar-refractivity contribution in [3.63, 3.8) is 0 Å². The second kappa shape index (κ2) is 12.7. The highest BCUT2D eigenvalue weighted by Crippen LogP contribution is 2.65. The number of epoxide rings is 1. The zero-order chi connectivity index (χ0) is 31.8. The Kier molecular flexibility index (Phi) is 9.96. The number of esters is 1. The number of carbonyl (C=O) groups is 2. The number of aliphatic hydroxyl groups is 5. The highest BCUT2D eigenvalue weighted by Gasteiger charge is 2.83. The molecule has 0 aromatic carbocycles. The maximum atomic E-state index is 13.3. The molecule has 10 unspecified atom stereocenters. The summed E-state index contributed by atoms with van der Waals surface area (Å²) < 4.78 is 11.7. The number of hydrogen-bond donors (Lipinski definition) is 5. The van der Waals surface area contributed by atoms with Crippen LogP contribution in [0.15, 0.2) is 48.1 Å². The second-order valence-corrected chi connectivity index (χ2v) is 13.3. The molecule has 4 rings (SSSR count). The number of carbonyl (C=O) groups excluding carboxylic acids is 2. The Hall–Kier alpha value is -2.14. The quantitative estimate of drug-likeness (QED) is 0.0533. The van der Waals surface area contributed by atoms with Crippen LogP contribution in [0.25, 0.3) is 0 Å². The Morgan fingerprint density at radius 2 is 1.79 bits per heavy atom. The van der Waals surface area contributed by atoms with E-state index in [1.807, 2.05) is 6.08 Å². The first kappa shape index (κ1) is 33.7. The summed E-state index contributed by atoms with van der Waals surface area (Å²) in [5, 5.41) is 58.0. The molecule has 0 bridgehead atoms. The van der Waals surface area contributed by atoms with E-state index in [2.05, 4.69) is 13.5 Å². The number of ether oxygens (including phenoxy) is 2. The predicted octanol–water partition coefficient (Wildman–Crippen LogP) is 3.23. The van der Waals surface area contributed by atoms with Crippen LogP contribution in [0.3, 0.4) is 0 Å². The van der Waals surface area contributed by atoms with Crippen molar-refractivity contribution in [1.29, 1.82) is 0 Å². The number of Topliss-reactive ketones (excluding diaryl/α,β-unsaturated/α-hetero) is 1. The molecule has 3 fully saturated rings. The molecule has 0 spiro atoms. The second-order valence-electron chi connectivity index (χ2n) is 13.3. The van der Waals surface area contributed by atoms with E-state index in [-0.39, 0.29) is 12.0 Å². The van der Waals surface area contributed by atoms with Crippen molar-refractivity contribution in [2.45, 2.75) is 126 Å². The van der Waals surface area contributed by atoms with Crippen molar-refractivity contribution >= 4 is 11.8 Å². The van der Waals surface area contributed by atoms with Crippen LogP contribution in [0.1, 0.15) is 85.5 Å². The fraction of sp³-hybridized carbons (Fsp3) is 0.706. The Balaban J connectivity index is 1.57.